The van der Waals surface area contributed by atoms with E-state index in [1.165, 1.54) is 0 Å². The average Bonchev–Trinajstić information content (AvgIpc) is 2.18. The molecule has 1 aliphatic rings. The minimum Gasteiger partial charge on any atom is -0.481 e. The molecule has 0 bridgehead atoms. The van der Waals surface area contributed by atoms with Crippen molar-refractivity contribution in [2.75, 3.05) is 19.7 Å². The van der Waals surface area contributed by atoms with Crippen molar-refractivity contribution in [3.05, 3.63) is 0 Å². The van der Waals surface area contributed by atoms with E-state index in [1.54, 1.807) is 4.90 Å². The lowest BCUT2D eigenvalue weighted by Gasteiger charge is -2.28. The highest BCUT2D eigenvalue weighted by Crippen LogP contribution is 2.12. The quantitative estimate of drug-likeness (QED) is 0.640. The van der Waals surface area contributed by atoms with Crippen LogP contribution in [0.5, 0.6) is 0 Å². The van der Waals surface area contributed by atoms with Gasteiger partial charge in [0.25, 0.3) is 0 Å². The molecule has 0 spiro atoms. The van der Waals surface area contributed by atoms with Crippen molar-refractivity contribution in [3.63, 3.8) is 0 Å². The van der Waals surface area contributed by atoms with Gasteiger partial charge in [0.1, 0.15) is 0 Å². The van der Waals surface area contributed by atoms with E-state index in [2.05, 4.69) is 0 Å². The Morgan fingerprint density at radius 1 is 1.50 bits per heavy atom. The van der Waals surface area contributed by atoms with Crippen LogP contribution in [0.3, 0.4) is 0 Å². The van der Waals surface area contributed by atoms with Crippen LogP contribution < -0.4 is 0 Å². The number of carbonyl (C=O) groups is 2. The van der Waals surface area contributed by atoms with Gasteiger partial charge in [-0.3, -0.25) is 9.59 Å². The van der Waals surface area contributed by atoms with Gasteiger partial charge in [0, 0.05) is 13.1 Å². The standard InChI is InChI=1S/C9H15NO4/c11-7-10-4-1-8(2-5-10)14-6-3-9(12)13/h7-8H,1-6H2,(H,12,13). The molecule has 1 heterocycles. The fourth-order valence-corrected chi connectivity index (χ4v) is 1.46. The molecule has 0 aliphatic carbocycles. The zero-order valence-electron chi connectivity index (χ0n) is 8.02. The molecule has 0 atom stereocenters. The maximum absolute atomic E-state index is 10.4. The molecule has 0 unspecified atom stereocenters. The predicted molar refractivity (Wildman–Crippen MR) is 48.9 cm³/mol. The Morgan fingerprint density at radius 3 is 2.64 bits per heavy atom. The van der Waals surface area contributed by atoms with Gasteiger partial charge < -0.3 is 14.7 Å². The minimum atomic E-state index is -0.838. The van der Waals surface area contributed by atoms with E-state index >= 15 is 0 Å². The summed E-state index contributed by atoms with van der Waals surface area (Å²) in [5.74, 6) is -0.838. The third kappa shape index (κ3) is 3.74. The number of amides is 1. The van der Waals surface area contributed by atoms with Crippen molar-refractivity contribution >= 4 is 12.4 Å². The first-order valence-corrected chi connectivity index (χ1v) is 4.75. The number of carboxylic acid groups (broad SMARTS) is 1. The second-order valence-electron chi connectivity index (χ2n) is 3.36. The number of piperidine rings is 1. The monoisotopic (exact) mass is 201 g/mol. The van der Waals surface area contributed by atoms with Crippen molar-refractivity contribution in [2.45, 2.75) is 25.4 Å². The summed E-state index contributed by atoms with van der Waals surface area (Å²) in [5.41, 5.74) is 0. The summed E-state index contributed by atoms with van der Waals surface area (Å²) in [6.07, 6.45) is 2.61. The van der Waals surface area contributed by atoms with E-state index in [4.69, 9.17) is 9.84 Å². The van der Waals surface area contributed by atoms with Crippen LogP contribution in [0.15, 0.2) is 0 Å². The summed E-state index contributed by atoms with van der Waals surface area (Å²) in [4.78, 5) is 22.3. The number of carbonyl (C=O) groups excluding carboxylic acids is 1. The van der Waals surface area contributed by atoms with Crippen LogP contribution in [0.25, 0.3) is 0 Å². The van der Waals surface area contributed by atoms with Crippen LogP contribution in [-0.2, 0) is 14.3 Å². The molecule has 0 aromatic heterocycles. The van der Waals surface area contributed by atoms with Crippen molar-refractivity contribution in [1.82, 2.24) is 4.90 Å². The number of aliphatic carboxylic acids is 1. The second kappa shape index (κ2) is 5.59. The summed E-state index contributed by atoms with van der Waals surface area (Å²) in [6.45, 7) is 1.68. The van der Waals surface area contributed by atoms with Gasteiger partial charge in [0.15, 0.2) is 0 Å². The van der Waals surface area contributed by atoms with Crippen LogP contribution in [0.2, 0.25) is 0 Å². The lowest BCUT2D eigenvalue weighted by Crippen LogP contribution is -2.36. The summed E-state index contributed by atoms with van der Waals surface area (Å²) >= 11 is 0. The van der Waals surface area contributed by atoms with Crippen molar-refractivity contribution in [2.24, 2.45) is 0 Å². The third-order valence-electron chi connectivity index (χ3n) is 2.30. The lowest BCUT2D eigenvalue weighted by atomic mass is 10.1. The SMILES string of the molecule is O=CN1CCC(OCCC(=O)O)CC1. The molecule has 1 fully saturated rings. The summed E-state index contributed by atoms with van der Waals surface area (Å²) in [5, 5.41) is 8.39. The molecule has 1 rings (SSSR count). The normalized spacial score (nSPS) is 18.1. The van der Waals surface area contributed by atoms with Gasteiger partial charge in [0.2, 0.25) is 6.41 Å². The molecular weight excluding hydrogens is 186 g/mol. The van der Waals surface area contributed by atoms with Crippen LogP contribution in [0, 0.1) is 0 Å². The number of hydrogen-bond donors (Lipinski definition) is 1. The van der Waals surface area contributed by atoms with Crippen LogP contribution in [0.1, 0.15) is 19.3 Å². The maximum Gasteiger partial charge on any atom is 0.305 e. The Balaban J connectivity index is 2.10. The highest BCUT2D eigenvalue weighted by Gasteiger charge is 2.18. The number of hydrogen-bond acceptors (Lipinski definition) is 3. The maximum atomic E-state index is 10.4. The van der Waals surface area contributed by atoms with Gasteiger partial charge in [-0.2, -0.15) is 0 Å². The molecule has 80 valence electrons. The first-order chi connectivity index (χ1) is 6.72. The van der Waals surface area contributed by atoms with Crippen molar-refractivity contribution < 1.29 is 19.4 Å². The molecule has 5 heteroatoms. The van der Waals surface area contributed by atoms with E-state index in [1.807, 2.05) is 0 Å². The van der Waals surface area contributed by atoms with E-state index in [0.29, 0.717) is 13.1 Å². The van der Waals surface area contributed by atoms with E-state index < -0.39 is 5.97 Å². The zero-order chi connectivity index (χ0) is 10.4. The zero-order valence-corrected chi connectivity index (χ0v) is 8.02. The molecule has 1 aliphatic heterocycles. The average molecular weight is 201 g/mol. The molecule has 14 heavy (non-hydrogen) atoms. The molecule has 1 amide bonds. The third-order valence-corrected chi connectivity index (χ3v) is 2.30. The van der Waals surface area contributed by atoms with Crippen LogP contribution >= 0.6 is 0 Å². The topological polar surface area (TPSA) is 66.8 Å². The molecule has 1 saturated heterocycles. The van der Waals surface area contributed by atoms with E-state index in [0.717, 1.165) is 19.3 Å². The fraction of sp³-hybridized carbons (Fsp3) is 0.778. The van der Waals surface area contributed by atoms with Crippen LogP contribution in [0.4, 0.5) is 0 Å². The van der Waals surface area contributed by atoms with Crippen LogP contribution in [-0.4, -0.2) is 48.2 Å². The second-order valence-corrected chi connectivity index (χ2v) is 3.36. The van der Waals surface area contributed by atoms with E-state index in [-0.39, 0.29) is 19.1 Å². The summed E-state index contributed by atoms with van der Waals surface area (Å²) in [6, 6.07) is 0. The Morgan fingerprint density at radius 2 is 2.14 bits per heavy atom. The fourth-order valence-electron chi connectivity index (χ4n) is 1.46. The summed E-state index contributed by atoms with van der Waals surface area (Å²) < 4.78 is 5.36. The molecule has 1 N–H and O–H groups in total. The molecule has 0 aromatic carbocycles. The first kappa shape index (κ1) is 11.0. The Bertz CT molecular complexity index is 199. The number of likely N-dealkylation sites (tertiary alicyclic amines) is 1. The predicted octanol–water partition coefficient (Wildman–Crippen LogP) is 0.0985. The number of carboxylic acids is 1. The van der Waals surface area contributed by atoms with Gasteiger partial charge >= 0.3 is 5.97 Å². The van der Waals surface area contributed by atoms with Crippen molar-refractivity contribution in [1.29, 1.82) is 0 Å². The van der Waals surface area contributed by atoms with Gasteiger partial charge in [-0.05, 0) is 12.8 Å². The van der Waals surface area contributed by atoms with Gasteiger partial charge in [-0.15, -0.1) is 0 Å². The smallest absolute Gasteiger partial charge is 0.305 e. The number of rotatable bonds is 5. The lowest BCUT2D eigenvalue weighted by molar-refractivity contribution is -0.138. The van der Waals surface area contributed by atoms with Gasteiger partial charge in [-0.25, -0.2) is 0 Å². The minimum absolute atomic E-state index is 0.0495. The molecule has 5 nitrogen and oxygen atoms in total. The summed E-state index contributed by atoms with van der Waals surface area (Å²) in [7, 11) is 0. The number of nitrogens with zero attached hydrogens (tertiary/aromatic N) is 1. The van der Waals surface area contributed by atoms with Crippen molar-refractivity contribution in [3.8, 4) is 0 Å². The van der Waals surface area contributed by atoms with Gasteiger partial charge in [-0.1, -0.05) is 0 Å². The largest absolute Gasteiger partial charge is 0.481 e. The molecule has 0 radical (unpaired) electrons. The highest BCUT2D eigenvalue weighted by molar-refractivity contribution is 5.66. The molecular formula is C9H15NO4. The number of ether oxygens (including phenoxy) is 1. The molecule has 0 aromatic rings. The van der Waals surface area contributed by atoms with Gasteiger partial charge in [0.05, 0.1) is 19.1 Å². The first-order valence-electron chi connectivity index (χ1n) is 4.75. The Hall–Kier alpha value is -1.10. The highest BCUT2D eigenvalue weighted by atomic mass is 16.5. The van der Waals surface area contributed by atoms with E-state index in [9.17, 15) is 9.59 Å². The molecule has 0 saturated carbocycles. The Kier molecular flexibility index (Phi) is 4.39. The Labute approximate surface area is 82.6 Å².